The fraction of sp³-hybridized carbons (Fsp3) is 0. The van der Waals surface area contributed by atoms with Gasteiger partial charge in [-0.15, -0.1) is 0 Å². The van der Waals surface area contributed by atoms with Crippen LogP contribution in [0.15, 0.2) is 58.1 Å². The number of nitrogens with zero attached hydrogens (tertiary/aromatic N) is 2. The molecule has 0 spiro atoms. The molecule has 1 N–H and O–H groups in total. The van der Waals surface area contributed by atoms with E-state index in [-0.39, 0.29) is 5.69 Å². The summed E-state index contributed by atoms with van der Waals surface area (Å²) in [5, 5.41) is 14.6. The van der Waals surface area contributed by atoms with E-state index in [0.717, 1.165) is 10.0 Å². The van der Waals surface area contributed by atoms with E-state index in [1.54, 1.807) is 18.3 Å². The lowest BCUT2D eigenvalue weighted by Gasteiger charge is -2.00. The minimum absolute atomic E-state index is 0.0559. The minimum Gasteiger partial charge on any atom is -0.278 e. The topological polar surface area (TPSA) is 67.5 Å². The highest BCUT2D eigenvalue weighted by Crippen LogP contribution is 2.16. The van der Waals surface area contributed by atoms with Crippen LogP contribution >= 0.6 is 15.9 Å². The molecule has 6 heteroatoms. The van der Waals surface area contributed by atoms with Gasteiger partial charge in [0, 0.05) is 22.2 Å². The van der Waals surface area contributed by atoms with Crippen molar-refractivity contribution >= 4 is 33.5 Å². The standard InChI is InChI=1S/C13H10BrN3O2/c14-13-4-2-1-3-10(13)9-15-16-11-5-7-12(8-6-11)17(18)19/h1-9,16H. The first-order valence-electron chi connectivity index (χ1n) is 5.45. The van der Waals surface area contributed by atoms with Gasteiger partial charge in [-0.05, 0) is 18.2 Å². The molecule has 0 aliphatic carbocycles. The Balaban J connectivity index is 2.03. The summed E-state index contributed by atoms with van der Waals surface area (Å²) < 4.78 is 0.948. The van der Waals surface area contributed by atoms with E-state index < -0.39 is 4.92 Å². The number of rotatable bonds is 4. The first-order valence-corrected chi connectivity index (χ1v) is 6.24. The second kappa shape index (κ2) is 6.10. The van der Waals surface area contributed by atoms with Gasteiger partial charge in [0.15, 0.2) is 0 Å². The van der Waals surface area contributed by atoms with Crippen molar-refractivity contribution in [2.24, 2.45) is 5.10 Å². The Kier molecular flexibility index (Phi) is 4.25. The molecular weight excluding hydrogens is 310 g/mol. The molecule has 0 radical (unpaired) electrons. The smallest absolute Gasteiger partial charge is 0.269 e. The normalized spacial score (nSPS) is 10.6. The molecule has 0 amide bonds. The molecule has 2 aromatic rings. The van der Waals surface area contributed by atoms with Crippen molar-refractivity contribution in [2.45, 2.75) is 0 Å². The fourth-order valence-corrected chi connectivity index (χ4v) is 1.80. The van der Waals surface area contributed by atoms with Gasteiger partial charge in [-0.2, -0.15) is 5.10 Å². The van der Waals surface area contributed by atoms with E-state index in [9.17, 15) is 10.1 Å². The molecule has 0 aliphatic heterocycles. The first kappa shape index (κ1) is 13.2. The number of non-ortho nitro benzene ring substituents is 1. The van der Waals surface area contributed by atoms with Crippen LogP contribution in [0.5, 0.6) is 0 Å². The highest BCUT2D eigenvalue weighted by molar-refractivity contribution is 9.10. The van der Waals surface area contributed by atoms with Gasteiger partial charge >= 0.3 is 0 Å². The zero-order valence-corrected chi connectivity index (χ0v) is 11.4. The summed E-state index contributed by atoms with van der Waals surface area (Å²) in [6.07, 6.45) is 1.67. The molecule has 0 unspecified atom stereocenters. The molecule has 0 saturated carbocycles. The zero-order chi connectivity index (χ0) is 13.7. The third kappa shape index (κ3) is 3.62. The van der Waals surface area contributed by atoms with E-state index in [1.807, 2.05) is 24.3 Å². The highest BCUT2D eigenvalue weighted by Gasteiger charge is 2.02. The number of hydrogen-bond acceptors (Lipinski definition) is 4. The van der Waals surface area contributed by atoms with Crippen molar-refractivity contribution in [2.75, 3.05) is 5.43 Å². The molecule has 2 aromatic carbocycles. The van der Waals surface area contributed by atoms with Gasteiger partial charge in [0.1, 0.15) is 0 Å². The molecule has 0 saturated heterocycles. The number of nitrogens with one attached hydrogen (secondary N) is 1. The maximum Gasteiger partial charge on any atom is 0.269 e. The fourth-order valence-electron chi connectivity index (χ4n) is 1.41. The number of nitro groups is 1. The summed E-state index contributed by atoms with van der Waals surface area (Å²) in [6, 6.07) is 13.7. The summed E-state index contributed by atoms with van der Waals surface area (Å²) in [5.74, 6) is 0. The van der Waals surface area contributed by atoms with Crippen LogP contribution in [0.2, 0.25) is 0 Å². The summed E-state index contributed by atoms with van der Waals surface area (Å²) in [7, 11) is 0. The van der Waals surface area contributed by atoms with Crippen LogP contribution in [0.25, 0.3) is 0 Å². The predicted octanol–water partition coefficient (Wildman–Crippen LogP) is 3.80. The Morgan fingerprint density at radius 2 is 1.84 bits per heavy atom. The average Bonchev–Trinajstić information content (AvgIpc) is 2.41. The van der Waals surface area contributed by atoms with Crippen LogP contribution in [0.1, 0.15) is 5.56 Å². The van der Waals surface area contributed by atoms with Gasteiger partial charge < -0.3 is 0 Å². The average molecular weight is 320 g/mol. The molecule has 0 bridgehead atoms. The molecule has 0 aliphatic rings. The number of anilines is 1. The largest absolute Gasteiger partial charge is 0.278 e. The first-order chi connectivity index (χ1) is 9.16. The van der Waals surface area contributed by atoms with E-state index in [1.165, 1.54) is 12.1 Å². The highest BCUT2D eigenvalue weighted by atomic mass is 79.9. The molecule has 0 aromatic heterocycles. The molecule has 96 valence electrons. The molecule has 5 nitrogen and oxygen atoms in total. The van der Waals surface area contributed by atoms with Gasteiger partial charge in [-0.1, -0.05) is 34.1 Å². The molecule has 0 heterocycles. The van der Waals surface area contributed by atoms with Crippen molar-refractivity contribution in [3.05, 3.63) is 68.7 Å². The SMILES string of the molecule is O=[N+]([O-])c1ccc(NN=Cc2ccccc2Br)cc1. The van der Waals surface area contributed by atoms with Crippen LogP contribution in [0.3, 0.4) is 0 Å². The Labute approximate surface area is 118 Å². The lowest BCUT2D eigenvalue weighted by Crippen LogP contribution is -1.92. The monoisotopic (exact) mass is 319 g/mol. The summed E-state index contributed by atoms with van der Waals surface area (Å²) in [4.78, 5) is 10.1. The van der Waals surface area contributed by atoms with Gasteiger partial charge in [0.05, 0.1) is 16.8 Å². The third-order valence-corrected chi connectivity index (χ3v) is 3.10. The molecule has 0 atom stereocenters. The van der Waals surface area contributed by atoms with Crippen LogP contribution in [0.4, 0.5) is 11.4 Å². The van der Waals surface area contributed by atoms with Crippen molar-refractivity contribution in [3.8, 4) is 0 Å². The number of hydrazone groups is 1. The Bertz CT molecular complexity index is 612. The predicted molar refractivity (Wildman–Crippen MR) is 78.5 cm³/mol. The van der Waals surface area contributed by atoms with Gasteiger partial charge in [-0.25, -0.2) is 0 Å². The molecular formula is C13H10BrN3O2. The maximum atomic E-state index is 10.5. The zero-order valence-electron chi connectivity index (χ0n) is 9.79. The molecule has 0 fully saturated rings. The van der Waals surface area contributed by atoms with Crippen LogP contribution in [-0.2, 0) is 0 Å². The van der Waals surface area contributed by atoms with Crippen molar-refractivity contribution < 1.29 is 4.92 Å². The van der Waals surface area contributed by atoms with Crippen molar-refractivity contribution in [1.82, 2.24) is 0 Å². The quantitative estimate of drug-likeness (QED) is 0.529. The van der Waals surface area contributed by atoms with Gasteiger partial charge in [0.25, 0.3) is 5.69 Å². The Hall–Kier alpha value is -2.21. The molecule has 19 heavy (non-hydrogen) atoms. The summed E-state index contributed by atoms with van der Waals surface area (Å²) in [6.45, 7) is 0. The van der Waals surface area contributed by atoms with Crippen molar-refractivity contribution in [1.29, 1.82) is 0 Å². The van der Waals surface area contributed by atoms with E-state index in [2.05, 4.69) is 26.5 Å². The maximum absolute atomic E-state index is 10.5. The van der Waals surface area contributed by atoms with Crippen molar-refractivity contribution in [3.63, 3.8) is 0 Å². The second-order valence-electron chi connectivity index (χ2n) is 3.70. The third-order valence-electron chi connectivity index (χ3n) is 2.38. The van der Waals surface area contributed by atoms with E-state index in [4.69, 9.17) is 0 Å². The Morgan fingerprint density at radius 3 is 2.47 bits per heavy atom. The lowest BCUT2D eigenvalue weighted by atomic mass is 10.2. The van der Waals surface area contributed by atoms with Crippen LogP contribution in [-0.4, -0.2) is 11.1 Å². The van der Waals surface area contributed by atoms with E-state index >= 15 is 0 Å². The minimum atomic E-state index is -0.436. The summed E-state index contributed by atoms with van der Waals surface area (Å²) in [5.41, 5.74) is 4.50. The van der Waals surface area contributed by atoms with Gasteiger partial charge in [-0.3, -0.25) is 15.5 Å². The lowest BCUT2D eigenvalue weighted by molar-refractivity contribution is -0.384. The van der Waals surface area contributed by atoms with Crippen LogP contribution < -0.4 is 5.43 Å². The Morgan fingerprint density at radius 1 is 1.16 bits per heavy atom. The number of benzene rings is 2. The number of nitro benzene ring substituents is 1. The number of hydrogen-bond donors (Lipinski definition) is 1. The molecule has 2 rings (SSSR count). The van der Waals surface area contributed by atoms with Crippen LogP contribution in [0, 0.1) is 10.1 Å². The summed E-state index contributed by atoms with van der Waals surface area (Å²) >= 11 is 3.41. The second-order valence-corrected chi connectivity index (χ2v) is 4.55. The van der Waals surface area contributed by atoms with E-state index in [0.29, 0.717) is 5.69 Å². The number of halogens is 1. The van der Waals surface area contributed by atoms with Gasteiger partial charge in [0.2, 0.25) is 0 Å².